The van der Waals surface area contributed by atoms with Gasteiger partial charge >= 0.3 is 0 Å². The predicted octanol–water partition coefficient (Wildman–Crippen LogP) is 0.352. The van der Waals surface area contributed by atoms with Gasteiger partial charge in [-0.05, 0) is 5.56 Å². The molecule has 19 heavy (non-hydrogen) atoms. The molecule has 0 aliphatic carbocycles. The monoisotopic (exact) mass is 260 g/mol. The van der Waals surface area contributed by atoms with Gasteiger partial charge in [-0.15, -0.1) is 0 Å². The number of nitrogens with zero attached hydrogens (tertiary/aromatic N) is 2. The summed E-state index contributed by atoms with van der Waals surface area (Å²) in [6.07, 6.45) is 0.406. The molecule has 0 bridgehead atoms. The summed E-state index contributed by atoms with van der Waals surface area (Å²) in [5.74, 6) is 0.0314. The van der Waals surface area contributed by atoms with E-state index in [-0.39, 0.29) is 6.54 Å². The standard InChI is InChI=1S/C13H16N4O2/c1-17-12(14)10(8-16-17)7-15-13(19)11(18)9-5-3-2-4-6-9/h2-6,8,11,18H,7,14H2,1H3,(H,15,19). The van der Waals surface area contributed by atoms with Crippen LogP contribution in [-0.4, -0.2) is 20.8 Å². The number of aliphatic hydroxyl groups excluding tert-OH is 1. The van der Waals surface area contributed by atoms with Crippen LogP contribution in [0.3, 0.4) is 0 Å². The molecule has 6 heteroatoms. The predicted molar refractivity (Wildman–Crippen MR) is 70.9 cm³/mol. The molecule has 4 N–H and O–H groups in total. The number of aliphatic hydroxyl groups is 1. The summed E-state index contributed by atoms with van der Waals surface area (Å²) in [6.45, 7) is 0.238. The highest BCUT2D eigenvalue weighted by Gasteiger charge is 2.17. The number of aromatic nitrogens is 2. The number of anilines is 1. The lowest BCUT2D eigenvalue weighted by molar-refractivity contribution is -0.129. The normalized spacial score (nSPS) is 12.1. The minimum absolute atomic E-state index is 0.238. The van der Waals surface area contributed by atoms with Gasteiger partial charge in [-0.1, -0.05) is 30.3 Å². The molecular weight excluding hydrogens is 244 g/mol. The lowest BCUT2D eigenvalue weighted by Gasteiger charge is -2.11. The lowest BCUT2D eigenvalue weighted by atomic mass is 10.1. The number of carbonyl (C=O) groups is 1. The summed E-state index contributed by atoms with van der Waals surface area (Å²) in [6, 6.07) is 8.76. The smallest absolute Gasteiger partial charge is 0.253 e. The van der Waals surface area contributed by atoms with Gasteiger partial charge in [-0.3, -0.25) is 9.48 Å². The zero-order chi connectivity index (χ0) is 13.8. The first kappa shape index (κ1) is 13.1. The number of carbonyl (C=O) groups excluding carboxylic acids is 1. The van der Waals surface area contributed by atoms with Crippen molar-refractivity contribution in [1.29, 1.82) is 0 Å². The highest BCUT2D eigenvalue weighted by molar-refractivity contribution is 5.81. The molecule has 1 heterocycles. The van der Waals surface area contributed by atoms with Gasteiger partial charge in [-0.2, -0.15) is 5.10 Å². The first-order chi connectivity index (χ1) is 9.09. The lowest BCUT2D eigenvalue weighted by Crippen LogP contribution is -2.29. The van der Waals surface area contributed by atoms with Crippen LogP contribution in [0.1, 0.15) is 17.2 Å². The fourth-order valence-corrected chi connectivity index (χ4v) is 1.69. The zero-order valence-corrected chi connectivity index (χ0v) is 10.6. The molecule has 0 saturated carbocycles. The van der Waals surface area contributed by atoms with Crippen LogP contribution < -0.4 is 11.1 Å². The SMILES string of the molecule is Cn1ncc(CNC(=O)C(O)c2ccccc2)c1N. The third kappa shape index (κ3) is 2.92. The van der Waals surface area contributed by atoms with Crippen LogP contribution >= 0.6 is 0 Å². The summed E-state index contributed by atoms with van der Waals surface area (Å²) in [7, 11) is 1.72. The van der Waals surface area contributed by atoms with Crippen LogP contribution in [0, 0.1) is 0 Å². The molecule has 1 aromatic heterocycles. The van der Waals surface area contributed by atoms with E-state index in [1.165, 1.54) is 4.68 Å². The second-order valence-electron chi connectivity index (χ2n) is 4.21. The van der Waals surface area contributed by atoms with Crippen molar-refractivity contribution in [3.8, 4) is 0 Å². The van der Waals surface area contributed by atoms with Gasteiger partial charge in [0.15, 0.2) is 6.10 Å². The second kappa shape index (κ2) is 5.53. The van der Waals surface area contributed by atoms with Crippen LogP contribution in [0.4, 0.5) is 5.82 Å². The number of hydrogen-bond donors (Lipinski definition) is 3. The van der Waals surface area contributed by atoms with Crippen LogP contribution in [0.5, 0.6) is 0 Å². The van der Waals surface area contributed by atoms with Crippen molar-refractivity contribution in [2.24, 2.45) is 7.05 Å². The van der Waals surface area contributed by atoms with Crippen molar-refractivity contribution >= 4 is 11.7 Å². The molecule has 1 aromatic carbocycles. The minimum Gasteiger partial charge on any atom is -0.384 e. The van der Waals surface area contributed by atoms with Gasteiger partial charge in [-0.25, -0.2) is 0 Å². The molecular formula is C13H16N4O2. The molecule has 0 spiro atoms. The Bertz CT molecular complexity index is 565. The van der Waals surface area contributed by atoms with Crippen molar-refractivity contribution in [2.75, 3.05) is 5.73 Å². The summed E-state index contributed by atoms with van der Waals surface area (Å²) >= 11 is 0. The van der Waals surface area contributed by atoms with Crippen LogP contribution in [0.15, 0.2) is 36.5 Å². The molecule has 6 nitrogen and oxygen atoms in total. The Labute approximate surface area is 110 Å². The molecule has 1 amide bonds. The van der Waals surface area contributed by atoms with E-state index in [0.717, 1.165) is 5.56 Å². The highest BCUT2D eigenvalue weighted by atomic mass is 16.3. The fourth-order valence-electron chi connectivity index (χ4n) is 1.69. The molecule has 2 rings (SSSR count). The molecule has 2 aromatic rings. The molecule has 0 fully saturated rings. The van der Waals surface area contributed by atoms with E-state index in [4.69, 9.17) is 5.73 Å². The van der Waals surface area contributed by atoms with E-state index in [9.17, 15) is 9.90 Å². The first-order valence-corrected chi connectivity index (χ1v) is 5.86. The first-order valence-electron chi connectivity index (χ1n) is 5.86. The molecule has 1 unspecified atom stereocenters. The molecule has 0 radical (unpaired) electrons. The van der Waals surface area contributed by atoms with E-state index in [0.29, 0.717) is 11.4 Å². The summed E-state index contributed by atoms with van der Waals surface area (Å²) in [4.78, 5) is 11.8. The molecule has 0 aliphatic heterocycles. The van der Waals surface area contributed by atoms with Crippen molar-refractivity contribution in [3.63, 3.8) is 0 Å². The van der Waals surface area contributed by atoms with Crippen molar-refractivity contribution in [2.45, 2.75) is 12.6 Å². The highest BCUT2D eigenvalue weighted by Crippen LogP contribution is 2.13. The van der Waals surface area contributed by atoms with E-state index in [1.54, 1.807) is 37.5 Å². The maximum Gasteiger partial charge on any atom is 0.253 e. The number of amides is 1. The number of hydrogen-bond acceptors (Lipinski definition) is 4. The second-order valence-corrected chi connectivity index (χ2v) is 4.21. The van der Waals surface area contributed by atoms with Gasteiger partial charge in [0, 0.05) is 19.2 Å². The van der Waals surface area contributed by atoms with E-state index >= 15 is 0 Å². The number of nitrogen functional groups attached to an aromatic ring is 1. The van der Waals surface area contributed by atoms with Gasteiger partial charge in [0.25, 0.3) is 5.91 Å². The van der Waals surface area contributed by atoms with Crippen molar-refractivity contribution in [1.82, 2.24) is 15.1 Å². The Morgan fingerprint density at radius 2 is 2.16 bits per heavy atom. The van der Waals surface area contributed by atoms with Crippen molar-refractivity contribution < 1.29 is 9.90 Å². The Kier molecular flexibility index (Phi) is 3.82. The minimum atomic E-state index is -1.18. The number of nitrogens with one attached hydrogen (secondary N) is 1. The Morgan fingerprint density at radius 3 is 2.74 bits per heavy atom. The zero-order valence-electron chi connectivity index (χ0n) is 10.6. The third-order valence-electron chi connectivity index (χ3n) is 2.88. The van der Waals surface area contributed by atoms with Crippen LogP contribution in [0.25, 0.3) is 0 Å². The van der Waals surface area contributed by atoms with E-state index in [2.05, 4.69) is 10.4 Å². The number of benzene rings is 1. The maximum absolute atomic E-state index is 11.8. The number of nitrogens with two attached hydrogens (primary N) is 1. The largest absolute Gasteiger partial charge is 0.384 e. The topological polar surface area (TPSA) is 93.2 Å². The van der Waals surface area contributed by atoms with Gasteiger partial charge in [0.05, 0.1) is 6.20 Å². The number of aryl methyl sites for hydroxylation is 1. The average molecular weight is 260 g/mol. The van der Waals surface area contributed by atoms with Gasteiger partial charge in [0.1, 0.15) is 5.82 Å². The average Bonchev–Trinajstić information content (AvgIpc) is 2.76. The van der Waals surface area contributed by atoms with Crippen LogP contribution in [0.2, 0.25) is 0 Å². The summed E-state index contributed by atoms with van der Waals surface area (Å²) in [5, 5.41) is 16.5. The Hall–Kier alpha value is -2.34. The summed E-state index contributed by atoms with van der Waals surface area (Å²) in [5.41, 5.74) is 7.04. The quantitative estimate of drug-likeness (QED) is 0.739. The Balaban J connectivity index is 1.97. The van der Waals surface area contributed by atoms with Gasteiger partial charge in [0.2, 0.25) is 0 Å². The molecule has 0 aliphatic rings. The van der Waals surface area contributed by atoms with Gasteiger partial charge < -0.3 is 16.2 Å². The van der Waals surface area contributed by atoms with Crippen molar-refractivity contribution in [3.05, 3.63) is 47.7 Å². The molecule has 1 atom stereocenters. The number of rotatable bonds is 4. The molecule has 100 valence electrons. The third-order valence-corrected chi connectivity index (χ3v) is 2.88. The fraction of sp³-hybridized carbons (Fsp3) is 0.231. The van der Waals surface area contributed by atoms with E-state index in [1.807, 2.05) is 6.07 Å². The Morgan fingerprint density at radius 1 is 1.47 bits per heavy atom. The van der Waals surface area contributed by atoms with E-state index < -0.39 is 12.0 Å². The van der Waals surface area contributed by atoms with Crippen LogP contribution in [-0.2, 0) is 18.4 Å². The maximum atomic E-state index is 11.8. The summed E-state index contributed by atoms with van der Waals surface area (Å²) < 4.78 is 1.52. The molecule has 0 saturated heterocycles.